The summed E-state index contributed by atoms with van der Waals surface area (Å²) in [6, 6.07) is 64.6. The van der Waals surface area contributed by atoms with Gasteiger partial charge in [-0.15, -0.1) is 0 Å². The maximum atomic E-state index is 6.63. The van der Waals surface area contributed by atoms with Crippen molar-refractivity contribution in [3.8, 4) is 34.1 Å². The van der Waals surface area contributed by atoms with Crippen LogP contribution in [0.5, 0.6) is 23.0 Å². The monoisotopic (exact) mass is 691 g/mol. The molecule has 8 aromatic carbocycles. The van der Waals surface area contributed by atoms with Crippen LogP contribution in [0.2, 0.25) is 0 Å². The predicted octanol–water partition coefficient (Wildman–Crippen LogP) is 11.1. The summed E-state index contributed by atoms with van der Waals surface area (Å²) in [4.78, 5) is 7.17. The highest BCUT2D eigenvalue weighted by Crippen LogP contribution is 2.56. The molecule has 54 heavy (non-hydrogen) atoms. The minimum Gasteiger partial charge on any atom is -0.453 e. The number of rotatable bonds is 4. The molecule has 0 spiro atoms. The number of hydrogen-bond donors (Lipinski definition) is 0. The van der Waals surface area contributed by atoms with Crippen LogP contribution in [0.15, 0.2) is 182 Å². The van der Waals surface area contributed by atoms with Gasteiger partial charge in [0.1, 0.15) is 0 Å². The Morgan fingerprint density at radius 2 is 0.815 bits per heavy atom. The van der Waals surface area contributed by atoms with Gasteiger partial charge in [0.2, 0.25) is 0 Å². The molecule has 0 atom stereocenters. The van der Waals surface area contributed by atoms with Gasteiger partial charge in [-0.05, 0) is 112 Å². The Balaban J connectivity index is 1.11. The molecule has 0 saturated carbocycles. The van der Waals surface area contributed by atoms with E-state index in [1.54, 1.807) is 0 Å². The summed E-state index contributed by atoms with van der Waals surface area (Å²) >= 11 is 0. The number of fused-ring (bicyclic) bond motifs is 8. The summed E-state index contributed by atoms with van der Waals surface area (Å²) in [6.07, 6.45) is 0. The second-order valence-corrected chi connectivity index (χ2v) is 14.1. The van der Waals surface area contributed by atoms with E-state index in [-0.39, 0.29) is 6.71 Å². The van der Waals surface area contributed by atoms with Gasteiger partial charge in [-0.1, -0.05) is 97.1 Å². The largest absolute Gasteiger partial charge is 0.453 e. The molecule has 0 bridgehead atoms. The van der Waals surface area contributed by atoms with Crippen LogP contribution in [-0.2, 0) is 0 Å². The molecule has 0 fully saturated rings. The van der Waals surface area contributed by atoms with Gasteiger partial charge in [-0.25, -0.2) is 0 Å². The normalized spacial score (nSPS) is 13.4. The Hall–Kier alpha value is -7.18. The van der Waals surface area contributed by atoms with Crippen molar-refractivity contribution in [3.05, 3.63) is 182 Å². The van der Waals surface area contributed by atoms with Gasteiger partial charge in [0.15, 0.2) is 23.0 Å². The van der Waals surface area contributed by atoms with Crippen LogP contribution < -0.4 is 40.6 Å². The molecule has 0 saturated heterocycles. The third-order valence-corrected chi connectivity index (χ3v) is 11.2. The topological polar surface area (TPSA) is 28.2 Å². The predicted molar refractivity (Wildman–Crippen MR) is 221 cm³/mol. The van der Waals surface area contributed by atoms with Gasteiger partial charge in [-0.2, -0.15) is 0 Å². The minimum atomic E-state index is -0.0168. The average molecular weight is 692 g/mol. The Morgan fingerprint density at radius 1 is 0.370 bits per heavy atom. The molecule has 252 valence electrons. The van der Waals surface area contributed by atoms with Crippen LogP contribution in [0.4, 0.5) is 51.2 Å². The lowest BCUT2D eigenvalue weighted by Gasteiger charge is -2.47. The van der Waals surface area contributed by atoms with Gasteiger partial charge in [0.05, 0.1) is 22.7 Å². The SMILES string of the molecule is c1ccc(N(c2ccccc2)c2ccc(-c3cc4c5c(c3)N3c6ccccc6Oc6cccc(c63)B5c3cccc5c3N4c3ccccc3O5)cc2)cc1. The van der Waals surface area contributed by atoms with Crippen LogP contribution in [0.25, 0.3) is 11.1 Å². The lowest BCUT2D eigenvalue weighted by atomic mass is 9.33. The lowest BCUT2D eigenvalue weighted by molar-refractivity contribution is 0.477. The fourth-order valence-electron chi connectivity index (χ4n) is 8.96. The van der Waals surface area contributed by atoms with Crippen molar-refractivity contribution < 1.29 is 9.47 Å². The summed E-state index contributed by atoms with van der Waals surface area (Å²) in [5, 5.41) is 0. The number of anilines is 9. The van der Waals surface area contributed by atoms with Crippen molar-refractivity contribution >= 4 is 74.3 Å². The molecule has 12 rings (SSSR count). The standard InChI is InChI=1S/C48H30BN3O2/c1-3-13-33(14-4-1)50(34-15-5-2-6-16-34)35-27-25-31(26-28-35)32-29-40-46-41(30-32)52-39-20-8-10-22-43(39)54-45-24-12-18-37(48(45)52)49(46)36-17-11-23-44-47(36)51(40)38-19-7-9-21-42(38)53-44/h1-30H. The molecule has 4 heterocycles. The first-order valence-electron chi connectivity index (χ1n) is 18.4. The van der Waals surface area contributed by atoms with Gasteiger partial charge >= 0.3 is 0 Å². The van der Waals surface area contributed by atoms with Crippen LogP contribution in [0.3, 0.4) is 0 Å². The number of ether oxygens (including phenoxy) is 2. The van der Waals surface area contributed by atoms with Gasteiger partial charge in [0.25, 0.3) is 6.71 Å². The maximum absolute atomic E-state index is 6.63. The van der Waals surface area contributed by atoms with Crippen LogP contribution in [0, 0.1) is 0 Å². The Morgan fingerprint density at radius 3 is 1.33 bits per heavy atom. The van der Waals surface area contributed by atoms with Crippen molar-refractivity contribution in [1.29, 1.82) is 0 Å². The molecule has 0 aromatic heterocycles. The molecule has 0 N–H and O–H groups in total. The van der Waals surface area contributed by atoms with E-state index in [1.165, 1.54) is 16.4 Å². The summed E-state index contributed by atoms with van der Waals surface area (Å²) in [5.74, 6) is 3.43. The first kappa shape index (κ1) is 29.4. The third kappa shape index (κ3) is 4.10. The van der Waals surface area contributed by atoms with Crippen LogP contribution in [-0.4, -0.2) is 6.71 Å². The first-order chi connectivity index (χ1) is 26.8. The number of para-hydroxylation sites is 8. The molecule has 6 heteroatoms. The lowest BCUT2D eigenvalue weighted by Crippen LogP contribution is -2.61. The minimum absolute atomic E-state index is 0.0168. The second-order valence-electron chi connectivity index (χ2n) is 14.1. The third-order valence-electron chi connectivity index (χ3n) is 11.2. The Bertz CT molecular complexity index is 2640. The zero-order valence-electron chi connectivity index (χ0n) is 29.1. The summed E-state index contributed by atoms with van der Waals surface area (Å²) < 4.78 is 13.3. The van der Waals surface area contributed by atoms with E-state index in [0.29, 0.717) is 0 Å². The smallest absolute Gasteiger partial charge is 0.252 e. The highest BCUT2D eigenvalue weighted by atomic mass is 16.5. The van der Waals surface area contributed by atoms with Crippen molar-refractivity contribution in [2.24, 2.45) is 0 Å². The van der Waals surface area contributed by atoms with Crippen molar-refractivity contribution in [1.82, 2.24) is 0 Å². The summed E-state index contributed by atoms with van der Waals surface area (Å²) in [5.41, 5.74) is 15.9. The zero-order chi connectivity index (χ0) is 35.3. The fraction of sp³-hybridized carbons (Fsp3) is 0. The molecule has 4 aliphatic rings. The van der Waals surface area contributed by atoms with Gasteiger partial charge in [0, 0.05) is 28.4 Å². The quantitative estimate of drug-likeness (QED) is 0.171. The maximum Gasteiger partial charge on any atom is 0.252 e. The highest BCUT2D eigenvalue weighted by Gasteiger charge is 2.48. The number of hydrogen-bond acceptors (Lipinski definition) is 5. The van der Waals surface area contributed by atoms with E-state index < -0.39 is 0 Å². The molecular formula is C48H30BN3O2. The van der Waals surface area contributed by atoms with E-state index >= 15 is 0 Å². The summed E-state index contributed by atoms with van der Waals surface area (Å²) in [7, 11) is 0. The average Bonchev–Trinajstić information content (AvgIpc) is 3.23. The number of nitrogens with zero attached hydrogens (tertiary/aromatic N) is 3. The van der Waals surface area contributed by atoms with E-state index in [0.717, 1.165) is 85.3 Å². The first-order valence-corrected chi connectivity index (χ1v) is 18.4. The van der Waals surface area contributed by atoms with E-state index in [2.05, 4.69) is 185 Å². The summed E-state index contributed by atoms with van der Waals surface area (Å²) in [6.45, 7) is -0.0168. The van der Waals surface area contributed by atoms with Gasteiger partial charge in [-0.3, -0.25) is 0 Å². The molecule has 4 aliphatic heterocycles. The Labute approximate surface area is 313 Å². The molecule has 0 radical (unpaired) electrons. The van der Waals surface area contributed by atoms with E-state index in [9.17, 15) is 0 Å². The van der Waals surface area contributed by atoms with Crippen molar-refractivity contribution in [2.45, 2.75) is 0 Å². The second kappa shape index (κ2) is 11.2. The number of benzene rings is 8. The van der Waals surface area contributed by atoms with Gasteiger partial charge < -0.3 is 24.2 Å². The molecule has 0 aliphatic carbocycles. The Kier molecular flexibility index (Phi) is 6.08. The van der Waals surface area contributed by atoms with Crippen LogP contribution in [0.1, 0.15) is 0 Å². The molecule has 0 amide bonds. The fourth-order valence-corrected chi connectivity index (χ4v) is 8.96. The van der Waals surface area contributed by atoms with Crippen LogP contribution >= 0.6 is 0 Å². The molecule has 0 unspecified atom stereocenters. The molecular weight excluding hydrogens is 661 g/mol. The zero-order valence-corrected chi connectivity index (χ0v) is 29.1. The van der Waals surface area contributed by atoms with E-state index in [4.69, 9.17) is 9.47 Å². The molecule has 8 aromatic rings. The van der Waals surface area contributed by atoms with E-state index in [1.807, 2.05) is 12.1 Å². The highest BCUT2D eigenvalue weighted by molar-refractivity contribution is 7.00. The van der Waals surface area contributed by atoms with Crippen molar-refractivity contribution in [2.75, 3.05) is 14.7 Å². The van der Waals surface area contributed by atoms with Crippen molar-refractivity contribution in [3.63, 3.8) is 0 Å². The molecule has 5 nitrogen and oxygen atoms in total.